The molecular formula is C16H12F2N2. The second-order valence-corrected chi connectivity index (χ2v) is 4.61. The second-order valence-electron chi connectivity index (χ2n) is 4.61. The molecule has 3 aromatic rings. The molecule has 0 aliphatic rings. The molecule has 2 aromatic carbocycles. The van der Waals surface area contributed by atoms with Crippen LogP contribution in [0.5, 0.6) is 0 Å². The Labute approximate surface area is 115 Å². The van der Waals surface area contributed by atoms with Crippen molar-refractivity contribution in [3.63, 3.8) is 0 Å². The number of fused-ring (bicyclic) bond motifs is 1. The number of nitrogens with one attached hydrogen (secondary N) is 1. The molecule has 1 N–H and O–H groups in total. The first-order valence-electron chi connectivity index (χ1n) is 6.21. The zero-order chi connectivity index (χ0) is 14.1. The number of hydrogen-bond acceptors (Lipinski definition) is 2. The number of rotatable bonds is 2. The molecule has 0 unspecified atom stereocenters. The van der Waals surface area contributed by atoms with E-state index in [1.165, 1.54) is 18.2 Å². The van der Waals surface area contributed by atoms with E-state index in [2.05, 4.69) is 10.3 Å². The number of halogens is 2. The van der Waals surface area contributed by atoms with Crippen LogP contribution in [0.25, 0.3) is 10.9 Å². The van der Waals surface area contributed by atoms with E-state index in [9.17, 15) is 8.78 Å². The monoisotopic (exact) mass is 270 g/mol. The molecule has 2 nitrogen and oxygen atoms in total. The topological polar surface area (TPSA) is 24.9 Å². The van der Waals surface area contributed by atoms with Gasteiger partial charge in [-0.25, -0.2) is 8.78 Å². The summed E-state index contributed by atoms with van der Waals surface area (Å²) in [5.74, 6) is -0.558. The minimum atomic E-state index is -0.320. The number of anilines is 2. The normalized spacial score (nSPS) is 10.8. The van der Waals surface area contributed by atoms with Gasteiger partial charge in [0.15, 0.2) is 0 Å². The number of aromatic nitrogens is 1. The smallest absolute Gasteiger partial charge is 0.126 e. The number of pyridine rings is 1. The first-order valence-corrected chi connectivity index (χ1v) is 6.21. The van der Waals surface area contributed by atoms with Gasteiger partial charge in [-0.1, -0.05) is 0 Å². The van der Waals surface area contributed by atoms with Gasteiger partial charge < -0.3 is 5.32 Å². The van der Waals surface area contributed by atoms with Crippen LogP contribution in [0, 0.1) is 18.6 Å². The first-order chi connectivity index (χ1) is 9.63. The van der Waals surface area contributed by atoms with E-state index in [-0.39, 0.29) is 11.6 Å². The lowest BCUT2D eigenvalue weighted by atomic mass is 10.1. The van der Waals surface area contributed by atoms with Crippen molar-refractivity contribution in [1.82, 2.24) is 4.98 Å². The van der Waals surface area contributed by atoms with Gasteiger partial charge in [-0.2, -0.15) is 0 Å². The van der Waals surface area contributed by atoms with Gasteiger partial charge >= 0.3 is 0 Å². The third-order valence-electron chi connectivity index (χ3n) is 3.14. The highest BCUT2D eigenvalue weighted by Gasteiger charge is 2.05. The van der Waals surface area contributed by atoms with Crippen LogP contribution in [0.2, 0.25) is 0 Å². The number of nitrogens with zero attached hydrogens (tertiary/aromatic N) is 1. The Bertz CT molecular complexity index is 785. The zero-order valence-corrected chi connectivity index (χ0v) is 10.8. The van der Waals surface area contributed by atoms with Crippen molar-refractivity contribution in [2.24, 2.45) is 0 Å². The molecule has 1 heterocycles. The van der Waals surface area contributed by atoms with Gasteiger partial charge in [0.2, 0.25) is 0 Å². The average molecular weight is 270 g/mol. The molecule has 0 spiro atoms. The molecule has 100 valence electrons. The molecule has 0 atom stereocenters. The number of benzene rings is 2. The second kappa shape index (κ2) is 4.89. The van der Waals surface area contributed by atoms with Gasteiger partial charge in [-0.05, 0) is 48.9 Å². The van der Waals surface area contributed by atoms with Crippen LogP contribution in [0.15, 0.2) is 48.7 Å². The van der Waals surface area contributed by atoms with E-state index >= 15 is 0 Å². The maximum absolute atomic E-state index is 13.3. The highest BCUT2D eigenvalue weighted by molar-refractivity contribution is 5.92. The van der Waals surface area contributed by atoms with Crippen LogP contribution in [0.4, 0.5) is 20.2 Å². The molecule has 0 saturated carbocycles. The average Bonchev–Trinajstić information content (AvgIpc) is 2.43. The Hall–Kier alpha value is -2.49. The third-order valence-corrected chi connectivity index (χ3v) is 3.14. The SMILES string of the molecule is Cc1cc(Nc2ccnc3cc(F)ccc23)ccc1F. The van der Waals surface area contributed by atoms with Gasteiger partial charge in [0, 0.05) is 29.0 Å². The number of aryl methyl sites for hydroxylation is 1. The highest BCUT2D eigenvalue weighted by atomic mass is 19.1. The van der Waals surface area contributed by atoms with Crippen molar-refractivity contribution >= 4 is 22.3 Å². The summed E-state index contributed by atoms with van der Waals surface area (Å²) in [5.41, 5.74) is 2.73. The lowest BCUT2D eigenvalue weighted by molar-refractivity contribution is 0.619. The van der Waals surface area contributed by atoms with Crippen LogP contribution >= 0.6 is 0 Å². The Morgan fingerprint density at radius 3 is 2.65 bits per heavy atom. The fourth-order valence-corrected chi connectivity index (χ4v) is 2.11. The maximum atomic E-state index is 13.3. The molecule has 0 aliphatic carbocycles. The third kappa shape index (κ3) is 2.32. The summed E-state index contributed by atoms with van der Waals surface area (Å²) >= 11 is 0. The quantitative estimate of drug-likeness (QED) is 0.738. The lowest BCUT2D eigenvalue weighted by Crippen LogP contribution is -1.94. The Morgan fingerprint density at radius 1 is 1.00 bits per heavy atom. The summed E-state index contributed by atoms with van der Waals surface area (Å²) < 4.78 is 26.4. The summed E-state index contributed by atoms with van der Waals surface area (Å²) in [4.78, 5) is 4.14. The molecule has 3 rings (SSSR count). The molecular weight excluding hydrogens is 258 g/mol. The minimum absolute atomic E-state index is 0.239. The summed E-state index contributed by atoms with van der Waals surface area (Å²) in [7, 11) is 0. The molecule has 0 amide bonds. The van der Waals surface area contributed by atoms with E-state index in [0.29, 0.717) is 11.1 Å². The van der Waals surface area contributed by atoms with Crippen LogP contribution in [-0.4, -0.2) is 4.98 Å². The van der Waals surface area contributed by atoms with Gasteiger partial charge in [-0.15, -0.1) is 0 Å². The van der Waals surface area contributed by atoms with Crippen molar-refractivity contribution in [1.29, 1.82) is 0 Å². The largest absolute Gasteiger partial charge is 0.355 e. The fourth-order valence-electron chi connectivity index (χ4n) is 2.11. The van der Waals surface area contributed by atoms with Gasteiger partial charge in [0.1, 0.15) is 11.6 Å². The molecule has 0 radical (unpaired) electrons. The lowest BCUT2D eigenvalue weighted by Gasteiger charge is -2.10. The minimum Gasteiger partial charge on any atom is -0.355 e. The summed E-state index contributed by atoms with van der Waals surface area (Å²) in [6.45, 7) is 1.71. The maximum Gasteiger partial charge on any atom is 0.126 e. The summed E-state index contributed by atoms with van der Waals surface area (Å²) in [5, 5.41) is 4.02. The van der Waals surface area contributed by atoms with Gasteiger partial charge in [-0.3, -0.25) is 4.98 Å². The van der Waals surface area contributed by atoms with Crippen LogP contribution in [-0.2, 0) is 0 Å². The van der Waals surface area contributed by atoms with Gasteiger partial charge in [0.05, 0.1) is 5.52 Å². The first kappa shape index (κ1) is 12.5. The van der Waals surface area contributed by atoms with E-state index < -0.39 is 0 Å². The summed E-state index contributed by atoms with van der Waals surface area (Å²) in [6, 6.07) is 11.1. The van der Waals surface area contributed by atoms with Crippen LogP contribution in [0.3, 0.4) is 0 Å². The predicted octanol–water partition coefficient (Wildman–Crippen LogP) is 4.57. The summed E-state index contributed by atoms with van der Waals surface area (Å²) in [6.07, 6.45) is 1.61. The highest BCUT2D eigenvalue weighted by Crippen LogP contribution is 2.26. The van der Waals surface area contributed by atoms with Crippen LogP contribution in [0.1, 0.15) is 5.56 Å². The molecule has 0 aliphatic heterocycles. The Morgan fingerprint density at radius 2 is 1.85 bits per heavy atom. The van der Waals surface area contributed by atoms with E-state index in [4.69, 9.17) is 0 Å². The fraction of sp³-hybridized carbons (Fsp3) is 0.0625. The standard InChI is InChI=1S/C16H12F2N2/c1-10-8-12(3-5-14(10)18)20-15-6-7-19-16-9-11(17)2-4-13(15)16/h2-9H,1H3,(H,19,20). The number of hydrogen-bond donors (Lipinski definition) is 1. The van der Waals surface area contributed by atoms with Crippen molar-refractivity contribution in [3.05, 3.63) is 65.9 Å². The zero-order valence-electron chi connectivity index (χ0n) is 10.8. The molecule has 4 heteroatoms. The van der Waals surface area contributed by atoms with Crippen molar-refractivity contribution < 1.29 is 8.78 Å². The Kier molecular flexibility index (Phi) is 3.06. The van der Waals surface area contributed by atoms with E-state index in [1.807, 2.05) is 0 Å². The van der Waals surface area contributed by atoms with Crippen molar-refractivity contribution in [2.75, 3.05) is 5.32 Å². The van der Waals surface area contributed by atoms with E-state index in [0.717, 1.165) is 16.8 Å². The molecule has 0 saturated heterocycles. The van der Waals surface area contributed by atoms with Gasteiger partial charge in [0.25, 0.3) is 0 Å². The predicted molar refractivity (Wildman–Crippen MR) is 76.1 cm³/mol. The van der Waals surface area contributed by atoms with Crippen molar-refractivity contribution in [3.8, 4) is 0 Å². The van der Waals surface area contributed by atoms with E-state index in [1.54, 1.807) is 37.4 Å². The molecule has 20 heavy (non-hydrogen) atoms. The molecule has 1 aromatic heterocycles. The molecule has 0 fully saturated rings. The van der Waals surface area contributed by atoms with Crippen LogP contribution < -0.4 is 5.32 Å². The molecule has 0 bridgehead atoms. The Balaban J connectivity index is 2.04. The van der Waals surface area contributed by atoms with Crippen molar-refractivity contribution in [2.45, 2.75) is 6.92 Å².